The monoisotopic (exact) mass is 366 g/mol. The van der Waals surface area contributed by atoms with Crippen LogP contribution in [-0.2, 0) is 7.05 Å². The van der Waals surface area contributed by atoms with Crippen molar-refractivity contribution in [3.05, 3.63) is 53.9 Å². The number of ether oxygens (including phenoxy) is 1. The Balaban J connectivity index is 1.75. The van der Waals surface area contributed by atoms with E-state index in [4.69, 9.17) is 4.74 Å². The molecule has 6 nitrogen and oxygen atoms in total. The maximum Gasteiger partial charge on any atom is 0.196 e. The molecule has 0 aliphatic carbocycles. The normalized spacial score (nSPS) is 11.3. The van der Waals surface area contributed by atoms with Crippen molar-refractivity contribution in [2.24, 2.45) is 7.05 Å². The van der Waals surface area contributed by atoms with E-state index >= 15 is 0 Å². The van der Waals surface area contributed by atoms with Crippen LogP contribution < -0.4 is 4.74 Å². The summed E-state index contributed by atoms with van der Waals surface area (Å²) in [5, 5.41) is 10.4. The molecule has 132 valence electrons. The summed E-state index contributed by atoms with van der Waals surface area (Å²) < 4.78 is 9.18. The van der Waals surface area contributed by atoms with Gasteiger partial charge in [-0.15, -0.1) is 10.2 Å². The first-order chi connectivity index (χ1) is 12.6. The van der Waals surface area contributed by atoms with Crippen molar-refractivity contribution >= 4 is 34.1 Å². The molecule has 0 N–H and O–H groups in total. The second-order valence-corrected chi connectivity index (χ2v) is 7.05. The van der Waals surface area contributed by atoms with Crippen LogP contribution in [0.1, 0.15) is 16.1 Å². The van der Waals surface area contributed by atoms with Crippen LogP contribution in [0.15, 0.2) is 47.8 Å². The van der Waals surface area contributed by atoms with Gasteiger partial charge in [0.05, 0.1) is 24.1 Å². The van der Waals surface area contributed by atoms with Gasteiger partial charge in [0.1, 0.15) is 5.75 Å². The minimum absolute atomic E-state index is 0.0632. The number of hydrogen-bond acceptors (Lipinski definition) is 5. The number of nitrogens with zero attached hydrogens (tertiary/aromatic N) is 4. The zero-order valence-corrected chi connectivity index (χ0v) is 15.6. The Kier molecular flexibility index (Phi) is 4.16. The molecule has 7 heteroatoms. The maximum absolute atomic E-state index is 12.5. The Hall–Kier alpha value is -2.80. The Morgan fingerprint density at radius 3 is 2.81 bits per heavy atom. The molecule has 0 amide bonds. The van der Waals surface area contributed by atoms with Crippen molar-refractivity contribution in [2.45, 2.75) is 12.1 Å². The van der Waals surface area contributed by atoms with E-state index in [0.717, 1.165) is 27.9 Å². The topological polar surface area (TPSA) is 61.4 Å². The minimum Gasteiger partial charge on any atom is -0.497 e. The van der Waals surface area contributed by atoms with Crippen molar-refractivity contribution in [2.75, 3.05) is 12.9 Å². The summed E-state index contributed by atoms with van der Waals surface area (Å²) in [4.78, 5) is 12.5. The zero-order valence-electron chi connectivity index (χ0n) is 14.8. The maximum atomic E-state index is 12.5. The van der Waals surface area contributed by atoms with Gasteiger partial charge in [0.25, 0.3) is 0 Å². The lowest BCUT2D eigenvalue weighted by Gasteiger charge is -2.09. The Morgan fingerprint density at radius 2 is 2.08 bits per heavy atom. The molecule has 0 bridgehead atoms. The summed E-state index contributed by atoms with van der Waals surface area (Å²) in [7, 11) is 3.52. The third kappa shape index (κ3) is 2.74. The van der Waals surface area contributed by atoms with E-state index in [1.165, 1.54) is 11.8 Å². The number of fused-ring (bicyclic) bond motifs is 3. The summed E-state index contributed by atoms with van der Waals surface area (Å²) in [6.07, 6.45) is 1.87. The number of hydrogen-bond donors (Lipinski definition) is 0. The van der Waals surface area contributed by atoms with Gasteiger partial charge in [-0.05, 0) is 42.8 Å². The van der Waals surface area contributed by atoms with Crippen LogP contribution in [-0.4, -0.2) is 37.8 Å². The molecule has 4 aromatic rings. The fourth-order valence-electron chi connectivity index (χ4n) is 3.08. The standard InChI is InChI=1S/C19H18N4O2S/c1-12-9-18-20-21-19(26-11-17(24)15-5-4-8-22(15)2)23(18)16-10-13(25-3)6-7-14(12)16/h4-10H,11H2,1-3H3. The molecule has 0 saturated carbocycles. The minimum atomic E-state index is 0.0632. The van der Waals surface area contributed by atoms with Gasteiger partial charge in [0, 0.05) is 24.7 Å². The van der Waals surface area contributed by atoms with Gasteiger partial charge in [0.15, 0.2) is 16.6 Å². The van der Waals surface area contributed by atoms with Crippen LogP contribution >= 0.6 is 11.8 Å². The molecule has 26 heavy (non-hydrogen) atoms. The predicted molar refractivity (Wildman–Crippen MR) is 102 cm³/mol. The first-order valence-electron chi connectivity index (χ1n) is 8.18. The lowest BCUT2D eigenvalue weighted by atomic mass is 10.1. The molecule has 0 fully saturated rings. The number of Topliss-reactive ketones (excluding diaryl/α,β-unsaturated/α-hetero) is 1. The number of ketones is 1. The number of rotatable bonds is 5. The number of pyridine rings is 1. The second kappa shape index (κ2) is 6.49. The molecule has 0 unspecified atom stereocenters. The van der Waals surface area contributed by atoms with Gasteiger partial charge in [-0.3, -0.25) is 9.20 Å². The molecule has 3 aromatic heterocycles. The number of methoxy groups -OCH3 is 1. The van der Waals surface area contributed by atoms with Crippen molar-refractivity contribution in [3.63, 3.8) is 0 Å². The Labute approximate surface area is 154 Å². The molecule has 0 atom stereocenters. The van der Waals surface area contributed by atoms with Crippen molar-refractivity contribution < 1.29 is 9.53 Å². The number of carbonyl (C=O) groups is 1. The van der Waals surface area contributed by atoms with Gasteiger partial charge in [-0.2, -0.15) is 0 Å². The van der Waals surface area contributed by atoms with Crippen LogP contribution in [0, 0.1) is 6.92 Å². The SMILES string of the molecule is COc1ccc2c(C)cc3nnc(SCC(=O)c4cccn4C)n3c2c1. The summed E-state index contributed by atoms with van der Waals surface area (Å²) in [6, 6.07) is 11.7. The summed E-state index contributed by atoms with van der Waals surface area (Å²) in [5.41, 5.74) is 3.54. The van der Waals surface area contributed by atoms with E-state index in [1.807, 2.05) is 58.6 Å². The van der Waals surface area contributed by atoms with E-state index in [2.05, 4.69) is 17.1 Å². The average Bonchev–Trinajstić information content (AvgIpc) is 3.25. The predicted octanol–water partition coefficient (Wildman–Crippen LogP) is 3.51. The Bertz CT molecular complexity index is 1130. The smallest absolute Gasteiger partial charge is 0.196 e. The molecule has 3 heterocycles. The Morgan fingerprint density at radius 1 is 1.23 bits per heavy atom. The fourth-order valence-corrected chi connectivity index (χ4v) is 3.91. The van der Waals surface area contributed by atoms with Crippen molar-refractivity contribution in [1.82, 2.24) is 19.2 Å². The first kappa shape index (κ1) is 16.7. The number of aryl methyl sites for hydroxylation is 2. The van der Waals surface area contributed by atoms with Gasteiger partial charge in [0.2, 0.25) is 0 Å². The third-order valence-electron chi connectivity index (χ3n) is 4.44. The van der Waals surface area contributed by atoms with Gasteiger partial charge in [-0.1, -0.05) is 11.8 Å². The quantitative estimate of drug-likeness (QED) is 0.399. The molecule has 4 rings (SSSR count). The van der Waals surface area contributed by atoms with Gasteiger partial charge >= 0.3 is 0 Å². The van der Waals surface area contributed by atoms with E-state index < -0.39 is 0 Å². The van der Waals surface area contributed by atoms with Gasteiger partial charge < -0.3 is 9.30 Å². The lowest BCUT2D eigenvalue weighted by Crippen LogP contribution is -2.08. The number of aromatic nitrogens is 4. The lowest BCUT2D eigenvalue weighted by molar-refractivity contribution is 0.101. The van der Waals surface area contributed by atoms with Crippen LogP contribution in [0.3, 0.4) is 0 Å². The van der Waals surface area contributed by atoms with Crippen LogP contribution in [0.5, 0.6) is 5.75 Å². The zero-order chi connectivity index (χ0) is 18.3. The molecule has 0 aliphatic rings. The van der Waals surface area contributed by atoms with E-state index in [1.54, 1.807) is 7.11 Å². The van der Waals surface area contributed by atoms with Crippen molar-refractivity contribution in [3.8, 4) is 5.75 Å². The second-order valence-electron chi connectivity index (χ2n) is 6.10. The molecule has 0 aliphatic heterocycles. The molecular formula is C19H18N4O2S. The summed E-state index contributed by atoms with van der Waals surface area (Å²) in [6.45, 7) is 2.05. The number of benzene rings is 1. The molecule has 0 radical (unpaired) electrons. The molecule has 0 spiro atoms. The largest absolute Gasteiger partial charge is 0.497 e. The van der Waals surface area contributed by atoms with Crippen LogP contribution in [0.25, 0.3) is 16.6 Å². The van der Waals surface area contributed by atoms with E-state index in [9.17, 15) is 4.79 Å². The third-order valence-corrected chi connectivity index (χ3v) is 5.37. The highest BCUT2D eigenvalue weighted by Gasteiger charge is 2.15. The first-order valence-corrected chi connectivity index (χ1v) is 9.17. The molecule has 1 aromatic carbocycles. The molecular weight excluding hydrogens is 348 g/mol. The average molecular weight is 366 g/mol. The van der Waals surface area contributed by atoms with Crippen LogP contribution in [0.4, 0.5) is 0 Å². The van der Waals surface area contributed by atoms with Crippen molar-refractivity contribution in [1.29, 1.82) is 0 Å². The molecule has 0 saturated heterocycles. The summed E-state index contributed by atoms with van der Waals surface area (Å²) in [5.74, 6) is 1.14. The van der Waals surface area contributed by atoms with E-state index in [-0.39, 0.29) is 5.78 Å². The summed E-state index contributed by atoms with van der Waals surface area (Å²) >= 11 is 1.39. The highest BCUT2D eigenvalue weighted by atomic mass is 32.2. The number of carbonyl (C=O) groups excluding carboxylic acids is 1. The highest BCUT2D eigenvalue weighted by Crippen LogP contribution is 2.28. The highest BCUT2D eigenvalue weighted by molar-refractivity contribution is 7.99. The fraction of sp³-hybridized carbons (Fsp3) is 0.211. The van der Waals surface area contributed by atoms with E-state index in [0.29, 0.717) is 16.6 Å². The van der Waals surface area contributed by atoms with Crippen LogP contribution in [0.2, 0.25) is 0 Å². The van der Waals surface area contributed by atoms with Gasteiger partial charge in [-0.25, -0.2) is 0 Å². The number of thioether (sulfide) groups is 1.